The van der Waals surface area contributed by atoms with Crippen molar-refractivity contribution in [1.29, 1.82) is 0 Å². The van der Waals surface area contributed by atoms with E-state index < -0.39 is 0 Å². The summed E-state index contributed by atoms with van der Waals surface area (Å²) in [5, 5.41) is 4.07. The lowest BCUT2D eigenvalue weighted by molar-refractivity contribution is 0.755. The summed E-state index contributed by atoms with van der Waals surface area (Å²) in [6.07, 6.45) is 0.755. The Bertz CT molecular complexity index is 578. The van der Waals surface area contributed by atoms with Crippen LogP contribution in [0, 0.1) is 6.92 Å². The molecule has 0 saturated carbocycles. The fourth-order valence-electron chi connectivity index (χ4n) is 2.26. The van der Waals surface area contributed by atoms with Gasteiger partial charge in [0.25, 0.3) is 0 Å². The van der Waals surface area contributed by atoms with Gasteiger partial charge in [-0.1, -0.05) is 23.7 Å². The molecular weight excluding hydrogens is 246 g/mol. The summed E-state index contributed by atoms with van der Waals surface area (Å²) in [6.45, 7) is 3.80. The molecule has 3 nitrogen and oxygen atoms in total. The lowest BCUT2D eigenvalue weighted by Gasteiger charge is -2.06. The molecular formula is C14H14ClN3. The van der Waals surface area contributed by atoms with Crippen LogP contribution in [-0.4, -0.2) is 9.97 Å². The summed E-state index contributed by atoms with van der Waals surface area (Å²) >= 11 is 5.88. The second-order valence-electron chi connectivity index (χ2n) is 4.56. The van der Waals surface area contributed by atoms with E-state index in [4.69, 9.17) is 11.6 Å². The highest BCUT2D eigenvalue weighted by molar-refractivity contribution is 6.30. The molecule has 2 aromatic rings. The van der Waals surface area contributed by atoms with E-state index in [1.54, 1.807) is 0 Å². The van der Waals surface area contributed by atoms with Crippen molar-refractivity contribution in [3.05, 3.63) is 57.6 Å². The van der Waals surface area contributed by atoms with Crippen molar-refractivity contribution in [3.8, 4) is 0 Å². The minimum Gasteiger partial charge on any atom is -0.307 e. The smallest absolute Gasteiger partial charge is 0.133 e. The van der Waals surface area contributed by atoms with Crippen molar-refractivity contribution in [2.45, 2.75) is 26.4 Å². The Kier molecular flexibility index (Phi) is 3.02. The minimum atomic E-state index is 0.755. The maximum absolute atomic E-state index is 5.88. The maximum atomic E-state index is 5.88. The largest absolute Gasteiger partial charge is 0.307 e. The number of aryl methyl sites for hydroxylation is 1. The van der Waals surface area contributed by atoms with Crippen LogP contribution < -0.4 is 5.32 Å². The number of nitrogens with zero attached hydrogens (tertiary/aromatic N) is 2. The monoisotopic (exact) mass is 259 g/mol. The molecule has 0 atom stereocenters. The third-order valence-electron chi connectivity index (χ3n) is 3.22. The molecule has 0 radical (unpaired) electrons. The molecule has 0 fully saturated rings. The Morgan fingerprint density at radius 3 is 2.72 bits per heavy atom. The quantitative estimate of drug-likeness (QED) is 0.901. The number of nitrogens with one attached hydrogen (secondary N) is 1. The zero-order valence-electron chi connectivity index (χ0n) is 10.2. The third-order valence-corrected chi connectivity index (χ3v) is 3.47. The molecule has 92 valence electrons. The summed E-state index contributed by atoms with van der Waals surface area (Å²) in [5.41, 5.74) is 4.68. The predicted molar refractivity (Wildman–Crippen MR) is 71.6 cm³/mol. The van der Waals surface area contributed by atoms with E-state index in [1.165, 1.54) is 11.1 Å². The molecule has 3 rings (SSSR count). The summed E-state index contributed by atoms with van der Waals surface area (Å²) in [7, 11) is 0. The average Bonchev–Trinajstić information content (AvgIpc) is 2.81. The predicted octanol–water partition coefficient (Wildman–Crippen LogP) is 2.63. The van der Waals surface area contributed by atoms with Gasteiger partial charge < -0.3 is 5.32 Å². The van der Waals surface area contributed by atoms with Gasteiger partial charge in [-0.3, -0.25) is 0 Å². The Labute approximate surface area is 111 Å². The Morgan fingerprint density at radius 1 is 1.17 bits per heavy atom. The van der Waals surface area contributed by atoms with E-state index in [2.05, 4.69) is 22.2 Å². The van der Waals surface area contributed by atoms with Crippen LogP contribution >= 0.6 is 11.6 Å². The summed E-state index contributed by atoms with van der Waals surface area (Å²) < 4.78 is 0. The van der Waals surface area contributed by atoms with Gasteiger partial charge in [0.1, 0.15) is 5.82 Å². The fourth-order valence-corrected chi connectivity index (χ4v) is 2.39. The van der Waals surface area contributed by atoms with E-state index >= 15 is 0 Å². The number of hydrogen-bond acceptors (Lipinski definition) is 3. The van der Waals surface area contributed by atoms with Gasteiger partial charge in [0.05, 0.1) is 5.69 Å². The second-order valence-corrected chi connectivity index (χ2v) is 4.99. The molecule has 1 N–H and O–H groups in total. The van der Waals surface area contributed by atoms with Crippen LogP contribution in [-0.2, 0) is 19.5 Å². The molecule has 0 unspecified atom stereocenters. The fraction of sp³-hybridized carbons (Fsp3) is 0.286. The highest BCUT2D eigenvalue weighted by Crippen LogP contribution is 2.18. The van der Waals surface area contributed by atoms with E-state index in [1.807, 2.05) is 24.3 Å². The Balaban J connectivity index is 1.89. The number of halogens is 1. The van der Waals surface area contributed by atoms with Gasteiger partial charge in [-0.15, -0.1) is 0 Å². The van der Waals surface area contributed by atoms with Gasteiger partial charge in [-0.25, -0.2) is 9.97 Å². The summed E-state index contributed by atoms with van der Waals surface area (Å²) in [6, 6.07) is 7.84. The minimum absolute atomic E-state index is 0.755. The number of aromatic nitrogens is 2. The van der Waals surface area contributed by atoms with Crippen molar-refractivity contribution in [2.75, 3.05) is 0 Å². The summed E-state index contributed by atoms with van der Waals surface area (Å²) in [5.74, 6) is 0.886. The number of hydrogen-bond donors (Lipinski definition) is 1. The lowest BCUT2D eigenvalue weighted by Crippen LogP contribution is -2.04. The molecule has 1 aliphatic rings. The van der Waals surface area contributed by atoms with Gasteiger partial charge in [0, 0.05) is 35.8 Å². The topological polar surface area (TPSA) is 37.8 Å². The first-order valence-electron chi connectivity index (χ1n) is 6.03. The third kappa shape index (κ3) is 2.24. The van der Waals surface area contributed by atoms with Crippen molar-refractivity contribution in [3.63, 3.8) is 0 Å². The van der Waals surface area contributed by atoms with E-state index in [9.17, 15) is 0 Å². The first-order valence-corrected chi connectivity index (χ1v) is 6.40. The molecule has 0 bridgehead atoms. The Morgan fingerprint density at radius 2 is 1.94 bits per heavy atom. The maximum Gasteiger partial charge on any atom is 0.133 e. The molecule has 2 heterocycles. The second kappa shape index (κ2) is 4.67. The summed E-state index contributed by atoms with van der Waals surface area (Å²) in [4.78, 5) is 9.20. The Hall–Kier alpha value is -1.45. The van der Waals surface area contributed by atoms with Gasteiger partial charge in [0.15, 0.2) is 0 Å². The van der Waals surface area contributed by atoms with Crippen LogP contribution in [0.1, 0.15) is 28.3 Å². The highest BCUT2D eigenvalue weighted by atomic mass is 35.5. The van der Waals surface area contributed by atoms with Gasteiger partial charge in [-0.05, 0) is 24.6 Å². The van der Waals surface area contributed by atoms with Crippen molar-refractivity contribution in [1.82, 2.24) is 15.3 Å². The van der Waals surface area contributed by atoms with E-state index in [0.717, 1.165) is 41.7 Å². The zero-order chi connectivity index (χ0) is 12.5. The molecule has 0 aliphatic carbocycles. The standard InChI is InChI=1S/C14H14ClN3/c1-9-12-7-16-8-13(12)18-14(17-9)6-10-2-4-11(15)5-3-10/h2-5,16H,6-8H2,1H3. The number of rotatable bonds is 2. The van der Waals surface area contributed by atoms with Crippen molar-refractivity contribution in [2.24, 2.45) is 0 Å². The molecule has 1 aliphatic heterocycles. The lowest BCUT2D eigenvalue weighted by atomic mass is 10.1. The average molecular weight is 260 g/mol. The number of fused-ring (bicyclic) bond motifs is 1. The first-order chi connectivity index (χ1) is 8.72. The van der Waals surface area contributed by atoms with Crippen molar-refractivity contribution < 1.29 is 0 Å². The molecule has 18 heavy (non-hydrogen) atoms. The molecule has 1 aromatic carbocycles. The molecule has 0 saturated heterocycles. The molecule has 0 spiro atoms. The number of benzene rings is 1. The van der Waals surface area contributed by atoms with Gasteiger partial charge >= 0.3 is 0 Å². The first kappa shape index (κ1) is 11.6. The molecule has 0 amide bonds. The highest BCUT2D eigenvalue weighted by Gasteiger charge is 2.16. The zero-order valence-corrected chi connectivity index (χ0v) is 11.0. The normalized spacial score (nSPS) is 13.7. The van der Waals surface area contributed by atoms with Crippen LogP contribution in [0.15, 0.2) is 24.3 Å². The van der Waals surface area contributed by atoms with E-state index in [0.29, 0.717) is 0 Å². The van der Waals surface area contributed by atoms with Gasteiger partial charge in [-0.2, -0.15) is 0 Å². The van der Waals surface area contributed by atoms with Crippen LogP contribution in [0.2, 0.25) is 5.02 Å². The SMILES string of the molecule is Cc1nc(Cc2ccc(Cl)cc2)nc2c1CNC2. The van der Waals surface area contributed by atoms with Gasteiger partial charge in [0.2, 0.25) is 0 Å². The molecule has 1 aromatic heterocycles. The van der Waals surface area contributed by atoms with E-state index in [-0.39, 0.29) is 0 Å². The van der Waals surface area contributed by atoms with Crippen molar-refractivity contribution >= 4 is 11.6 Å². The van der Waals surface area contributed by atoms with Crippen LogP contribution in [0.25, 0.3) is 0 Å². The van der Waals surface area contributed by atoms with Crippen LogP contribution in [0.4, 0.5) is 0 Å². The van der Waals surface area contributed by atoms with Crippen LogP contribution in [0.3, 0.4) is 0 Å². The van der Waals surface area contributed by atoms with Crippen LogP contribution in [0.5, 0.6) is 0 Å². The molecule has 4 heteroatoms.